The van der Waals surface area contributed by atoms with Gasteiger partial charge < -0.3 is 15.8 Å². The first-order chi connectivity index (χ1) is 10.7. The predicted octanol–water partition coefficient (Wildman–Crippen LogP) is 1.59. The number of carbonyl (C=O) groups is 1. The van der Waals surface area contributed by atoms with Gasteiger partial charge in [-0.1, -0.05) is 6.92 Å². The van der Waals surface area contributed by atoms with Gasteiger partial charge in [0, 0.05) is 36.8 Å². The molecule has 0 spiro atoms. The van der Waals surface area contributed by atoms with Crippen LogP contribution in [0.2, 0.25) is 0 Å². The average molecular weight is 323 g/mol. The van der Waals surface area contributed by atoms with Gasteiger partial charge in [-0.3, -0.25) is 9.69 Å². The first kappa shape index (κ1) is 17.1. The SMILES string of the molecule is CCC(Sc1ccc(N)cc1)C(=O)NCCN1CCOCC1. The van der Waals surface area contributed by atoms with E-state index in [2.05, 4.69) is 10.2 Å². The normalized spacial score (nSPS) is 17.1. The number of nitrogens with two attached hydrogens (primary N) is 1. The van der Waals surface area contributed by atoms with E-state index in [1.54, 1.807) is 11.8 Å². The molecule has 1 unspecified atom stereocenters. The van der Waals surface area contributed by atoms with E-state index < -0.39 is 0 Å². The van der Waals surface area contributed by atoms with E-state index in [1.807, 2.05) is 31.2 Å². The monoisotopic (exact) mass is 323 g/mol. The van der Waals surface area contributed by atoms with Crippen LogP contribution in [0.4, 0.5) is 5.69 Å². The van der Waals surface area contributed by atoms with E-state index in [9.17, 15) is 4.79 Å². The molecule has 1 heterocycles. The minimum absolute atomic E-state index is 0.0617. The molecule has 3 N–H and O–H groups in total. The average Bonchev–Trinajstić information content (AvgIpc) is 2.55. The van der Waals surface area contributed by atoms with Crippen LogP contribution in [0.3, 0.4) is 0 Å². The summed E-state index contributed by atoms with van der Waals surface area (Å²) in [4.78, 5) is 15.7. The summed E-state index contributed by atoms with van der Waals surface area (Å²) in [5.41, 5.74) is 6.43. The Kier molecular flexibility index (Phi) is 7.02. The van der Waals surface area contributed by atoms with Crippen molar-refractivity contribution in [1.82, 2.24) is 10.2 Å². The standard InChI is InChI=1S/C16H25N3O2S/c1-2-15(22-14-5-3-13(17)4-6-14)16(20)18-7-8-19-9-11-21-12-10-19/h3-6,15H,2,7-12,17H2,1H3,(H,18,20). The minimum atomic E-state index is -0.0617. The lowest BCUT2D eigenvalue weighted by Gasteiger charge is -2.26. The van der Waals surface area contributed by atoms with Crippen LogP contribution in [-0.2, 0) is 9.53 Å². The number of morpholine rings is 1. The zero-order chi connectivity index (χ0) is 15.8. The van der Waals surface area contributed by atoms with Gasteiger partial charge in [0.15, 0.2) is 0 Å². The quantitative estimate of drug-likeness (QED) is 0.589. The Labute approximate surface area is 136 Å². The van der Waals surface area contributed by atoms with E-state index in [1.165, 1.54) is 0 Å². The highest BCUT2D eigenvalue weighted by Crippen LogP contribution is 2.26. The molecule has 1 saturated heterocycles. The topological polar surface area (TPSA) is 67.6 Å². The van der Waals surface area contributed by atoms with Crippen LogP contribution in [0.25, 0.3) is 0 Å². The van der Waals surface area contributed by atoms with Crippen molar-refractivity contribution in [1.29, 1.82) is 0 Å². The first-order valence-corrected chi connectivity index (χ1v) is 8.67. The minimum Gasteiger partial charge on any atom is -0.399 e. The van der Waals surface area contributed by atoms with Crippen molar-refractivity contribution in [2.45, 2.75) is 23.5 Å². The van der Waals surface area contributed by atoms with Gasteiger partial charge in [0.05, 0.1) is 18.5 Å². The highest BCUT2D eigenvalue weighted by atomic mass is 32.2. The number of rotatable bonds is 7. The zero-order valence-corrected chi connectivity index (χ0v) is 13.9. The molecule has 1 aromatic carbocycles. The molecule has 1 amide bonds. The van der Waals surface area contributed by atoms with E-state index in [-0.39, 0.29) is 11.2 Å². The molecule has 22 heavy (non-hydrogen) atoms. The molecule has 1 aliphatic rings. The van der Waals surface area contributed by atoms with Crippen LogP contribution in [0.15, 0.2) is 29.2 Å². The lowest BCUT2D eigenvalue weighted by Crippen LogP contribution is -2.42. The summed E-state index contributed by atoms with van der Waals surface area (Å²) >= 11 is 1.59. The zero-order valence-electron chi connectivity index (χ0n) is 13.1. The molecule has 0 bridgehead atoms. The number of nitrogen functional groups attached to an aromatic ring is 1. The highest BCUT2D eigenvalue weighted by molar-refractivity contribution is 8.00. The van der Waals surface area contributed by atoms with Crippen molar-refractivity contribution in [3.8, 4) is 0 Å². The summed E-state index contributed by atoms with van der Waals surface area (Å²) in [5, 5.41) is 2.98. The molecule has 1 aliphatic heterocycles. The van der Waals surface area contributed by atoms with Gasteiger partial charge in [0.1, 0.15) is 0 Å². The first-order valence-electron chi connectivity index (χ1n) is 7.79. The molecule has 0 aromatic heterocycles. The highest BCUT2D eigenvalue weighted by Gasteiger charge is 2.18. The fraction of sp³-hybridized carbons (Fsp3) is 0.562. The van der Waals surface area contributed by atoms with Crippen molar-refractivity contribution in [3.05, 3.63) is 24.3 Å². The Hall–Kier alpha value is -1.24. The Bertz CT molecular complexity index is 461. The lowest BCUT2D eigenvalue weighted by molar-refractivity contribution is -0.120. The molecular formula is C16H25N3O2S. The Morgan fingerprint density at radius 2 is 2.05 bits per heavy atom. The van der Waals surface area contributed by atoms with Crippen LogP contribution in [0, 0.1) is 0 Å². The third-order valence-corrected chi connectivity index (χ3v) is 5.03. The Morgan fingerprint density at radius 1 is 1.36 bits per heavy atom. The van der Waals surface area contributed by atoms with Crippen LogP contribution in [0.5, 0.6) is 0 Å². The predicted molar refractivity (Wildman–Crippen MR) is 91.1 cm³/mol. The van der Waals surface area contributed by atoms with E-state index in [0.717, 1.165) is 49.9 Å². The summed E-state index contributed by atoms with van der Waals surface area (Å²) in [6.07, 6.45) is 0.804. The van der Waals surface area contributed by atoms with Crippen molar-refractivity contribution in [2.75, 3.05) is 45.1 Å². The van der Waals surface area contributed by atoms with Crippen LogP contribution < -0.4 is 11.1 Å². The number of thioether (sulfide) groups is 1. The molecule has 5 nitrogen and oxygen atoms in total. The van der Waals surface area contributed by atoms with Crippen molar-refractivity contribution in [2.24, 2.45) is 0 Å². The number of nitrogens with one attached hydrogen (secondary N) is 1. The summed E-state index contributed by atoms with van der Waals surface area (Å²) in [6.45, 7) is 7.10. The van der Waals surface area contributed by atoms with Gasteiger partial charge in [-0.25, -0.2) is 0 Å². The summed E-state index contributed by atoms with van der Waals surface area (Å²) in [5.74, 6) is 0.109. The maximum atomic E-state index is 12.3. The van der Waals surface area contributed by atoms with Gasteiger partial charge >= 0.3 is 0 Å². The number of benzene rings is 1. The lowest BCUT2D eigenvalue weighted by atomic mass is 10.3. The maximum absolute atomic E-state index is 12.3. The van der Waals surface area contributed by atoms with Gasteiger partial charge in [-0.2, -0.15) is 0 Å². The van der Waals surface area contributed by atoms with Crippen molar-refractivity contribution >= 4 is 23.4 Å². The number of amides is 1. The van der Waals surface area contributed by atoms with Gasteiger partial charge in [-0.15, -0.1) is 11.8 Å². The van der Waals surface area contributed by atoms with Crippen molar-refractivity contribution < 1.29 is 9.53 Å². The van der Waals surface area contributed by atoms with Gasteiger partial charge in [-0.05, 0) is 30.7 Å². The molecule has 1 atom stereocenters. The van der Waals surface area contributed by atoms with Crippen molar-refractivity contribution in [3.63, 3.8) is 0 Å². The van der Waals surface area contributed by atoms with E-state index >= 15 is 0 Å². The number of carbonyl (C=O) groups excluding carboxylic acids is 1. The number of hydrogen-bond acceptors (Lipinski definition) is 5. The number of hydrogen-bond donors (Lipinski definition) is 2. The molecule has 2 rings (SSSR count). The second kappa shape index (κ2) is 9.02. The third kappa shape index (κ3) is 5.51. The Balaban J connectivity index is 1.74. The molecule has 0 saturated carbocycles. The third-order valence-electron chi connectivity index (χ3n) is 3.65. The van der Waals surface area contributed by atoms with Gasteiger partial charge in [0.2, 0.25) is 5.91 Å². The second-order valence-electron chi connectivity index (χ2n) is 5.33. The number of ether oxygens (including phenoxy) is 1. The number of nitrogens with zero attached hydrogens (tertiary/aromatic N) is 1. The molecule has 122 valence electrons. The van der Waals surface area contributed by atoms with E-state index in [0.29, 0.717) is 6.54 Å². The van der Waals surface area contributed by atoms with Gasteiger partial charge in [0.25, 0.3) is 0 Å². The fourth-order valence-electron chi connectivity index (χ4n) is 2.31. The van der Waals surface area contributed by atoms with Crippen LogP contribution in [-0.4, -0.2) is 55.4 Å². The molecule has 0 radical (unpaired) electrons. The molecule has 1 fully saturated rings. The largest absolute Gasteiger partial charge is 0.399 e. The summed E-state index contributed by atoms with van der Waals surface area (Å²) < 4.78 is 5.32. The smallest absolute Gasteiger partial charge is 0.233 e. The summed E-state index contributed by atoms with van der Waals surface area (Å²) in [6, 6.07) is 7.66. The summed E-state index contributed by atoms with van der Waals surface area (Å²) in [7, 11) is 0. The molecule has 0 aliphatic carbocycles. The molecular weight excluding hydrogens is 298 g/mol. The van der Waals surface area contributed by atoms with Crippen LogP contribution in [0.1, 0.15) is 13.3 Å². The molecule has 1 aromatic rings. The fourth-order valence-corrected chi connectivity index (χ4v) is 3.29. The van der Waals surface area contributed by atoms with Crippen LogP contribution >= 0.6 is 11.8 Å². The number of anilines is 1. The van der Waals surface area contributed by atoms with E-state index in [4.69, 9.17) is 10.5 Å². The Morgan fingerprint density at radius 3 is 2.68 bits per heavy atom. The molecule has 6 heteroatoms. The maximum Gasteiger partial charge on any atom is 0.233 e. The second-order valence-corrected chi connectivity index (χ2v) is 6.60.